The minimum atomic E-state index is 0.000312. The molecular formula is C20H25N3O3. The predicted octanol–water partition coefficient (Wildman–Crippen LogP) is 2.49. The molecule has 1 N–H and O–H groups in total. The largest absolute Gasteiger partial charge is 0.490 e. The number of aromatic nitrogens is 1. The van der Waals surface area contributed by atoms with Crippen molar-refractivity contribution in [2.24, 2.45) is 0 Å². The smallest absolute Gasteiger partial charge is 0.254 e. The fourth-order valence-electron chi connectivity index (χ4n) is 3.01. The number of pyridine rings is 1. The molecule has 0 bridgehead atoms. The maximum atomic E-state index is 12.8. The Kier molecular flexibility index (Phi) is 6.07. The molecule has 1 aliphatic heterocycles. The Morgan fingerprint density at radius 2 is 2.04 bits per heavy atom. The number of rotatable bonds is 7. The van der Waals surface area contributed by atoms with Crippen molar-refractivity contribution in [2.45, 2.75) is 26.0 Å². The fourth-order valence-corrected chi connectivity index (χ4v) is 3.01. The monoisotopic (exact) mass is 355 g/mol. The third-order valence-electron chi connectivity index (χ3n) is 4.54. The lowest BCUT2D eigenvalue weighted by Gasteiger charge is -2.24. The summed E-state index contributed by atoms with van der Waals surface area (Å²) in [6, 6.07) is 9.42. The Hall–Kier alpha value is -2.60. The van der Waals surface area contributed by atoms with Crippen LogP contribution in [0.15, 0.2) is 42.7 Å². The summed E-state index contributed by atoms with van der Waals surface area (Å²) in [6.45, 7) is 4.63. The summed E-state index contributed by atoms with van der Waals surface area (Å²) in [5, 5.41) is 3.29. The van der Waals surface area contributed by atoms with E-state index in [1.54, 1.807) is 30.6 Å². The predicted molar refractivity (Wildman–Crippen MR) is 99.5 cm³/mol. The number of carbonyl (C=O) groups excluding carboxylic acids is 1. The topological polar surface area (TPSA) is 63.7 Å². The van der Waals surface area contributed by atoms with Gasteiger partial charge in [0.2, 0.25) is 0 Å². The highest BCUT2D eigenvalue weighted by Gasteiger charge is 2.24. The molecule has 6 heteroatoms. The van der Waals surface area contributed by atoms with E-state index in [-0.39, 0.29) is 11.9 Å². The van der Waals surface area contributed by atoms with Crippen LogP contribution >= 0.6 is 0 Å². The van der Waals surface area contributed by atoms with Gasteiger partial charge in [-0.2, -0.15) is 0 Å². The highest BCUT2D eigenvalue weighted by atomic mass is 16.5. The van der Waals surface area contributed by atoms with Gasteiger partial charge in [-0.1, -0.05) is 0 Å². The normalized spacial score (nSPS) is 16.3. The summed E-state index contributed by atoms with van der Waals surface area (Å²) in [5.41, 5.74) is 1.63. The molecule has 0 spiro atoms. The first-order valence-electron chi connectivity index (χ1n) is 8.95. The molecule has 6 nitrogen and oxygen atoms in total. The number of likely N-dealkylation sites (N-methyl/N-ethyl adjacent to an activating group) is 1. The van der Waals surface area contributed by atoms with Crippen molar-refractivity contribution in [2.75, 3.05) is 26.7 Å². The molecule has 0 aliphatic carbocycles. The number of benzene rings is 1. The molecule has 26 heavy (non-hydrogen) atoms. The van der Waals surface area contributed by atoms with Gasteiger partial charge in [-0.15, -0.1) is 0 Å². The van der Waals surface area contributed by atoms with Crippen molar-refractivity contribution in [1.82, 2.24) is 15.2 Å². The van der Waals surface area contributed by atoms with Crippen molar-refractivity contribution < 1.29 is 14.3 Å². The van der Waals surface area contributed by atoms with Gasteiger partial charge in [0.05, 0.1) is 6.61 Å². The minimum absolute atomic E-state index is 0.000312. The molecule has 1 aromatic carbocycles. The number of ether oxygens (including phenoxy) is 2. The first-order chi connectivity index (χ1) is 12.7. The maximum Gasteiger partial charge on any atom is 0.254 e. The van der Waals surface area contributed by atoms with Crippen LogP contribution in [-0.2, 0) is 6.61 Å². The van der Waals surface area contributed by atoms with Gasteiger partial charge >= 0.3 is 0 Å². The third-order valence-corrected chi connectivity index (χ3v) is 4.54. The van der Waals surface area contributed by atoms with Gasteiger partial charge in [-0.05, 0) is 55.8 Å². The quantitative estimate of drug-likeness (QED) is 0.827. The molecule has 0 radical (unpaired) electrons. The third kappa shape index (κ3) is 4.32. The van der Waals surface area contributed by atoms with E-state index in [4.69, 9.17) is 9.47 Å². The highest BCUT2D eigenvalue weighted by Crippen LogP contribution is 2.30. The van der Waals surface area contributed by atoms with E-state index in [1.807, 2.05) is 31.0 Å². The molecule has 1 aliphatic rings. The zero-order valence-corrected chi connectivity index (χ0v) is 15.3. The van der Waals surface area contributed by atoms with Crippen LogP contribution in [0, 0.1) is 0 Å². The van der Waals surface area contributed by atoms with E-state index >= 15 is 0 Å². The van der Waals surface area contributed by atoms with E-state index in [9.17, 15) is 4.79 Å². The van der Waals surface area contributed by atoms with Crippen molar-refractivity contribution in [1.29, 1.82) is 0 Å². The summed E-state index contributed by atoms with van der Waals surface area (Å²) in [4.78, 5) is 18.6. The van der Waals surface area contributed by atoms with Crippen LogP contribution in [-0.4, -0.2) is 48.6 Å². The number of hydrogen-bond acceptors (Lipinski definition) is 5. The number of nitrogens with one attached hydrogen (secondary N) is 1. The van der Waals surface area contributed by atoms with Crippen molar-refractivity contribution in [3.05, 3.63) is 53.9 Å². The summed E-state index contributed by atoms with van der Waals surface area (Å²) in [5.74, 6) is 1.22. The SMILES string of the molecule is CCOc1cc(C(=O)N(C)[C@H]2CCNC2)ccc1OCc1ccncc1. The molecule has 1 saturated heterocycles. The molecule has 3 rings (SSSR count). The van der Waals surface area contributed by atoms with E-state index in [0.29, 0.717) is 30.3 Å². The van der Waals surface area contributed by atoms with Gasteiger partial charge in [-0.25, -0.2) is 0 Å². The van der Waals surface area contributed by atoms with Gasteiger partial charge in [0.1, 0.15) is 6.61 Å². The lowest BCUT2D eigenvalue weighted by Crippen LogP contribution is -2.38. The van der Waals surface area contributed by atoms with E-state index in [2.05, 4.69) is 10.3 Å². The van der Waals surface area contributed by atoms with Crippen LogP contribution in [0.3, 0.4) is 0 Å². The van der Waals surface area contributed by atoms with Crippen LogP contribution in [0.2, 0.25) is 0 Å². The van der Waals surface area contributed by atoms with Gasteiger partial charge in [0.25, 0.3) is 5.91 Å². The standard InChI is InChI=1S/C20H25N3O3/c1-3-25-19-12-16(20(24)23(2)17-8-11-22-13-17)4-5-18(19)26-14-15-6-9-21-10-7-15/h4-7,9-10,12,17,22H,3,8,11,13-14H2,1-2H3/t17-/m0/s1. The Morgan fingerprint density at radius 1 is 1.23 bits per heavy atom. The zero-order valence-electron chi connectivity index (χ0n) is 15.3. The minimum Gasteiger partial charge on any atom is -0.490 e. The number of amides is 1. The molecule has 2 aromatic rings. The average molecular weight is 355 g/mol. The van der Waals surface area contributed by atoms with Gasteiger partial charge in [-0.3, -0.25) is 9.78 Å². The summed E-state index contributed by atoms with van der Waals surface area (Å²) in [7, 11) is 1.86. The van der Waals surface area contributed by atoms with Crippen LogP contribution in [0.4, 0.5) is 0 Å². The molecule has 1 amide bonds. The van der Waals surface area contributed by atoms with Crippen molar-refractivity contribution in [3.63, 3.8) is 0 Å². The van der Waals surface area contributed by atoms with Crippen molar-refractivity contribution >= 4 is 5.91 Å². The second-order valence-electron chi connectivity index (χ2n) is 6.30. The molecule has 0 saturated carbocycles. The van der Waals surface area contributed by atoms with Gasteiger partial charge in [0.15, 0.2) is 11.5 Å². The molecule has 0 unspecified atom stereocenters. The number of hydrogen-bond donors (Lipinski definition) is 1. The van der Waals surface area contributed by atoms with Crippen LogP contribution in [0.1, 0.15) is 29.3 Å². The van der Waals surface area contributed by atoms with Crippen LogP contribution in [0.25, 0.3) is 0 Å². The first kappa shape index (κ1) is 18.2. The van der Waals surface area contributed by atoms with Crippen molar-refractivity contribution in [3.8, 4) is 11.5 Å². The highest BCUT2D eigenvalue weighted by molar-refractivity contribution is 5.95. The van der Waals surface area contributed by atoms with Crippen LogP contribution in [0.5, 0.6) is 11.5 Å². The Morgan fingerprint density at radius 3 is 2.73 bits per heavy atom. The second-order valence-corrected chi connectivity index (χ2v) is 6.30. The summed E-state index contributed by atoms with van der Waals surface area (Å²) in [6.07, 6.45) is 4.45. The number of carbonyl (C=O) groups is 1. The van der Waals surface area contributed by atoms with E-state index < -0.39 is 0 Å². The van der Waals surface area contributed by atoms with Gasteiger partial charge in [0, 0.05) is 37.6 Å². The van der Waals surface area contributed by atoms with E-state index in [1.165, 1.54) is 0 Å². The molecule has 1 atom stereocenters. The zero-order chi connectivity index (χ0) is 18.4. The molecule has 1 aromatic heterocycles. The Labute approximate surface area is 154 Å². The Bertz CT molecular complexity index is 730. The second kappa shape index (κ2) is 8.67. The lowest BCUT2D eigenvalue weighted by molar-refractivity contribution is 0.0743. The lowest BCUT2D eigenvalue weighted by atomic mass is 10.1. The fraction of sp³-hybridized carbons (Fsp3) is 0.400. The Balaban J connectivity index is 1.74. The summed E-state index contributed by atoms with van der Waals surface area (Å²) < 4.78 is 11.6. The molecule has 2 heterocycles. The molecule has 138 valence electrons. The first-order valence-corrected chi connectivity index (χ1v) is 8.95. The van der Waals surface area contributed by atoms with Gasteiger partial charge < -0.3 is 19.7 Å². The maximum absolute atomic E-state index is 12.8. The summed E-state index contributed by atoms with van der Waals surface area (Å²) >= 11 is 0. The number of nitrogens with zero attached hydrogens (tertiary/aromatic N) is 2. The molecular weight excluding hydrogens is 330 g/mol. The molecule has 1 fully saturated rings. The van der Waals surface area contributed by atoms with E-state index in [0.717, 1.165) is 25.1 Å². The van der Waals surface area contributed by atoms with Crippen LogP contribution < -0.4 is 14.8 Å². The average Bonchev–Trinajstić information content (AvgIpc) is 3.21.